The average molecular weight is 419 g/mol. The molecular weight excluding hydrogens is 397 g/mol. The summed E-state index contributed by atoms with van der Waals surface area (Å²) < 4.78 is 41.7. The molecule has 0 aliphatic carbocycles. The van der Waals surface area contributed by atoms with E-state index in [4.69, 9.17) is 0 Å². The Kier molecular flexibility index (Phi) is 5.94. The molecule has 2 heterocycles. The summed E-state index contributed by atoms with van der Waals surface area (Å²) in [6, 6.07) is 12.5. The largest absolute Gasteiger partial charge is 0.573 e. The number of ether oxygens (including phenoxy) is 1. The number of benzene rings is 2. The van der Waals surface area contributed by atoms with Crippen LogP contribution in [0.3, 0.4) is 0 Å². The zero-order valence-corrected chi connectivity index (χ0v) is 16.7. The van der Waals surface area contributed by atoms with Gasteiger partial charge in [0.2, 0.25) is 0 Å². The van der Waals surface area contributed by atoms with Crippen LogP contribution < -0.4 is 9.64 Å². The SMILES string of the molecule is FC(F)(F)Oc1ccc(CCCC2CCN(c3cccc4s[c]nc34)CC2)cc1. The standard InChI is InChI=1S/C22H22F3N2OS/c23-22(24,25)28-18-9-7-16(8-10-18)3-1-4-17-11-13-27(14-12-17)19-5-2-6-20-21(19)26-15-29-20/h2,5-10,17H,1,3-4,11-14H2. The third kappa shape index (κ3) is 5.21. The molecule has 0 amide bonds. The van der Waals surface area contributed by atoms with Gasteiger partial charge in [0.05, 0.1) is 10.4 Å². The van der Waals surface area contributed by atoms with Crippen LogP contribution in [-0.4, -0.2) is 24.4 Å². The number of hydrogen-bond donors (Lipinski definition) is 0. The van der Waals surface area contributed by atoms with E-state index in [0.717, 1.165) is 56.3 Å². The third-order valence-corrected chi connectivity index (χ3v) is 6.21. The maximum atomic E-state index is 12.2. The van der Waals surface area contributed by atoms with Gasteiger partial charge in [-0.15, -0.1) is 24.5 Å². The van der Waals surface area contributed by atoms with Gasteiger partial charge in [0.1, 0.15) is 11.3 Å². The summed E-state index contributed by atoms with van der Waals surface area (Å²) in [6.07, 6.45) is 0.732. The summed E-state index contributed by atoms with van der Waals surface area (Å²) in [5, 5.41) is 0. The highest BCUT2D eigenvalue weighted by Gasteiger charge is 2.31. The number of thiazole rings is 1. The van der Waals surface area contributed by atoms with Crippen molar-refractivity contribution in [3.63, 3.8) is 0 Å². The zero-order chi connectivity index (χ0) is 20.3. The van der Waals surface area contributed by atoms with Gasteiger partial charge in [0.25, 0.3) is 0 Å². The minimum Gasteiger partial charge on any atom is -0.406 e. The lowest BCUT2D eigenvalue weighted by atomic mass is 9.90. The average Bonchev–Trinajstić information content (AvgIpc) is 3.18. The first-order chi connectivity index (χ1) is 14.0. The second-order valence-electron chi connectivity index (χ2n) is 7.44. The van der Waals surface area contributed by atoms with Crippen LogP contribution in [0.2, 0.25) is 0 Å². The van der Waals surface area contributed by atoms with Crippen LogP contribution in [0.15, 0.2) is 42.5 Å². The Hall–Kier alpha value is -2.28. The molecule has 1 aromatic heterocycles. The third-order valence-electron chi connectivity index (χ3n) is 5.48. The second-order valence-corrected chi connectivity index (χ2v) is 8.27. The smallest absolute Gasteiger partial charge is 0.406 e. The lowest BCUT2D eigenvalue weighted by molar-refractivity contribution is -0.274. The molecule has 2 aromatic carbocycles. The number of hydrogen-bond acceptors (Lipinski definition) is 4. The Morgan fingerprint density at radius 3 is 2.59 bits per heavy atom. The van der Waals surface area contributed by atoms with Crippen molar-refractivity contribution in [2.24, 2.45) is 5.92 Å². The Bertz CT molecular complexity index is 931. The first-order valence-corrected chi connectivity index (χ1v) is 10.6. The molecule has 3 nitrogen and oxygen atoms in total. The summed E-state index contributed by atoms with van der Waals surface area (Å²) in [7, 11) is 0. The van der Waals surface area contributed by atoms with Crippen molar-refractivity contribution in [3.8, 4) is 5.75 Å². The lowest BCUT2D eigenvalue weighted by Gasteiger charge is -2.33. The molecule has 0 saturated carbocycles. The Morgan fingerprint density at radius 2 is 1.86 bits per heavy atom. The second kappa shape index (κ2) is 8.61. The van der Waals surface area contributed by atoms with Crippen molar-refractivity contribution in [1.82, 2.24) is 4.98 Å². The number of halogens is 3. The Labute approximate surface area is 172 Å². The first kappa shape index (κ1) is 20.0. The molecule has 1 aliphatic rings. The summed E-state index contributed by atoms with van der Waals surface area (Å²) in [5.74, 6) is 0.529. The van der Waals surface area contributed by atoms with E-state index in [1.807, 2.05) is 0 Å². The van der Waals surface area contributed by atoms with Crippen molar-refractivity contribution in [1.29, 1.82) is 0 Å². The fourth-order valence-electron chi connectivity index (χ4n) is 3.99. The number of para-hydroxylation sites is 1. The van der Waals surface area contributed by atoms with Crippen molar-refractivity contribution >= 4 is 27.2 Å². The maximum absolute atomic E-state index is 12.2. The fourth-order valence-corrected chi connectivity index (χ4v) is 4.62. The molecule has 1 saturated heterocycles. The van der Waals surface area contributed by atoms with Gasteiger partial charge >= 0.3 is 6.36 Å². The lowest BCUT2D eigenvalue weighted by Crippen LogP contribution is -2.33. The van der Waals surface area contributed by atoms with Gasteiger partial charge in [-0.25, -0.2) is 4.98 Å². The van der Waals surface area contributed by atoms with Crippen molar-refractivity contribution in [3.05, 3.63) is 53.5 Å². The van der Waals surface area contributed by atoms with E-state index in [1.54, 1.807) is 23.5 Å². The van der Waals surface area contributed by atoms with Gasteiger partial charge in [-0.1, -0.05) is 18.2 Å². The normalized spacial score (nSPS) is 15.8. The van der Waals surface area contributed by atoms with Gasteiger partial charge in [0.15, 0.2) is 5.51 Å². The van der Waals surface area contributed by atoms with E-state index in [1.165, 1.54) is 22.5 Å². The van der Waals surface area contributed by atoms with Gasteiger partial charge in [0, 0.05) is 13.1 Å². The van der Waals surface area contributed by atoms with E-state index in [2.05, 4.69) is 38.3 Å². The molecule has 0 bridgehead atoms. The number of aromatic nitrogens is 1. The minimum absolute atomic E-state index is 0.165. The van der Waals surface area contributed by atoms with Gasteiger partial charge in [-0.3, -0.25) is 0 Å². The van der Waals surface area contributed by atoms with Crippen LogP contribution in [0, 0.1) is 11.4 Å². The predicted octanol–water partition coefficient (Wildman–Crippen LogP) is 6.23. The molecular formula is C22H22F3N2OS. The van der Waals surface area contributed by atoms with Crippen LogP contribution in [0.4, 0.5) is 18.9 Å². The molecule has 0 spiro atoms. The number of rotatable bonds is 6. The number of aryl methyl sites for hydroxylation is 1. The molecule has 1 radical (unpaired) electrons. The quantitative estimate of drug-likeness (QED) is 0.473. The monoisotopic (exact) mass is 419 g/mol. The van der Waals surface area contributed by atoms with E-state index in [-0.39, 0.29) is 5.75 Å². The van der Waals surface area contributed by atoms with Gasteiger partial charge in [-0.2, -0.15) is 0 Å². The van der Waals surface area contributed by atoms with Gasteiger partial charge in [-0.05, 0) is 67.9 Å². The molecule has 3 aromatic rings. The van der Waals surface area contributed by atoms with Crippen molar-refractivity contribution in [2.75, 3.05) is 18.0 Å². The van der Waals surface area contributed by atoms with Gasteiger partial charge < -0.3 is 9.64 Å². The molecule has 29 heavy (non-hydrogen) atoms. The molecule has 0 unspecified atom stereocenters. The highest BCUT2D eigenvalue weighted by atomic mass is 32.1. The number of fused-ring (bicyclic) bond motifs is 1. The highest BCUT2D eigenvalue weighted by Crippen LogP contribution is 2.32. The van der Waals surface area contributed by atoms with Crippen LogP contribution in [0.25, 0.3) is 10.2 Å². The Morgan fingerprint density at radius 1 is 1.10 bits per heavy atom. The molecule has 153 valence electrons. The van der Waals surface area contributed by atoms with E-state index >= 15 is 0 Å². The van der Waals surface area contributed by atoms with E-state index in [9.17, 15) is 13.2 Å². The number of nitrogens with zero attached hydrogens (tertiary/aromatic N) is 2. The number of anilines is 1. The molecule has 7 heteroatoms. The van der Waals surface area contributed by atoms with Crippen LogP contribution >= 0.6 is 11.3 Å². The predicted molar refractivity (Wildman–Crippen MR) is 109 cm³/mol. The molecule has 0 atom stereocenters. The fraction of sp³-hybridized carbons (Fsp3) is 0.409. The topological polar surface area (TPSA) is 25.4 Å². The van der Waals surface area contributed by atoms with E-state index < -0.39 is 6.36 Å². The first-order valence-electron chi connectivity index (χ1n) is 9.83. The van der Waals surface area contributed by atoms with Crippen molar-refractivity contribution < 1.29 is 17.9 Å². The summed E-state index contributed by atoms with van der Waals surface area (Å²) in [5.41, 5.74) is 6.29. The zero-order valence-electron chi connectivity index (χ0n) is 15.9. The summed E-state index contributed by atoms with van der Waals surface area (Å²) in [6.45, 7) is 2.07. The highest BCUT2D eigenvalue weighted by molar-refractivity contribution is 7.16. The minimum atomic E-state index is -4.64. The van der Waals surface area contributed by atoms with E-state index in [0.29, 0.717) is 5.92 Å². The Balaban J connectivity index is 1.23. The molecule has 1 fully saturated rings. The maximum Gasteiger partial charge on any atom is 0.573 e. The summed E-state index contributed by atoms with van der Waals surface area (Å²) in [4.78, 5) is 6.82. The molecule has 1 aliphatic heterocycles. The molecule has 4 rings (SSSR count). The van der Waals surface area contributed by atoms with Crippen molar-refractivity contribution in [2.45, 2.75) is 38.5 Å². The number of alkyl halides is 3. The van der Waals surface area contributed by atoms with Crippen LogP contribution in [0.5, 0.6) is 5.75 Å². The summed E-state index contributed by atoms with van der Waals surface area (Å²) >= 11 is 1.55. The van der Waals surface area contributed by atoms with Crippen LogP contribution in [0.1, 0.15) is 31.2 Å². The number of piperidine rings is 1. The molecule has 0 N–H and O–H groups in total. The van der Waals surface area contributed by atoms with Crippen LogP contribution in [-0.2, 0) is 6.42 Å².